The topological polar surface area (TPSA) is 57.6 Å². The Morgan fingerprint density at radius 1 is 1.21 bits per heavy atom. The summed E-state index contributed by atoms with van der Waals surface area (Å²) in [5, 5.41) is 9.07. The van der Waals surface area contributed by atoms with Gasteiger partial charge in [0, 0.05) is 13.1 Å². The first-order valence-electron chi connectivity index (χ1n) is 6.59. The molecule has 0 saturated heterocycles. The quantitative estimate of drug-likeness (QED) is 0.835. The Bertz CT molecular complexity index is 495. The molecule has 0 amide bonds. The molecule has 0 atom stereocenters. The largest absolute Gasteiger partial charge is 0.392 e. The molecular formula is C14H23NO3S. The molecule has 0 aromatic heterocycles. The lowest BCUT2D eigenvalue weighted by Crippen LogP contribution is -2.37. The van der Waals surface area contributed by atoms with Gasteiger partial charge < -0.3 is 5.11 Å². The molecule has 1 aromatic carbocycles. The van der Waals surface area contributed by atoms with Crippen molar-refractivity contribution in [3.63, 3.8) is 0 Å². The molecule has 1 aromatic rings. The van der Waals surface area contributed by atoms with Crippen molar-refractivity contribution >= 4 is 10.0 Å². The molecule has 5 heteroatoms. The van der Waals surface area contributed by atoms with Crippen LogP contribution in [0.25, 0.3) is 0 Å². The van der Waals surface area contributed by atoms with Gasteiger partial charge >= 0.3 is 0 Å². The molecule has 0 unspecified atom stereocenters. The van der Waals surface area contributed by atoms with Crippen molar-refractivity contribution < 1.29 is 13.5 Å². The van der Waals surface area contributed by atoms with E-state index in [1.165, 1.54) is 4.31 Å². The molecule has 0 saturated carbocycles. The predicted molar refractivity (Wildman–Crippen MR) is 77.1 cm³/mol. The van der Waals surface area contributed by atoms with Gasteiger partial charge in [0.1, 0.15) is 0 Å². The lowest BCUT2D eigenvalue weighted by atomic mass is 10.1. The summed E-state index contributed by atoms with van der Waals surface area (Å²) in [5.74, 6) is -0.0200. The Morgan fingerprint density at radius 2 is 1.79 bits per heavy atom. The highest BCUT2D eigenvalue weighted by atomic mass is 32.2. The van der Waals surface area contributed by atoms with E-state index in [1.54, 1.807) is 31.3 Å². The third-order valence-corrected chi connectivity index (χ3v) is 5.29. The zero-order chi connectivity index (χ0) is 14.5. The van der Waals surface area contributed by atoms with Gasteiger partial charge in [0.2, 0.25) is 10.0 Å². The van der Waals surface area contributed by atoms with E-state index in [2.05, 4.69) is 0 Å². The zero-order valence-corrected chi connectivity index (χ0v) is 12.7. The molecule has 1 N–H and O–H groups in total. The average Bonchev–Trinajstić information content (AvgIpc) is 2.39. The standard InChI is InChI=1S/C14H23NO3S/c1-4-14(5-2)15(3)19(17,18)11-13-8-6-7-12(9-13)10-16/h6-9,14,16H,4-5,10-11H2,1-3H3. The number of nitrogens with zero attached hydrogens (tertiary/aromatic N) is 1. The minimum absolute atomic E-state index is 0.0200. The highest BCUT2D eigenvalue weighted by Crippen LogP contribution is 2.16. The fourth-order valence-electron chi connectivity index (χ4n) is 2.16. The van der Waals surface area contributed by atoms with Gasteiger partial charge in [0.25, 0.3) is 0 Å². The Labute approximate surface area is 116 Å². The third-order valence-electron chi connectivity index (χ3n) is 3.42. The number of benzene rings is 1. The summed E-state index contributed by atoms with van der Waals surface area (Å²) in [6.07, 6.45) is 1.62. The highest BCUT2D eigenvalue weighted by molar-refractivity contribution is 7.88. The van der Waals surface area contributed by atoms with Gasteiger partial charge in [0.05, 0.1) is 12.4 Å². The lowest BCUT2D eigenvalue weighted by molar-refractivity contribution is 0.281. The SMILES string of the molecule is CCC(CC)N(C)S(=O)(=O)Cc1cccc(CO)c1. The lowest BCUT2D eigenvalue weighted by Gasteiger charge is -2.25. The monoisotopic (exact) mass is 285 g/mol. The number of hydrogen-bond donors (Lipinski definition) is 1. The van der Waals surface area contributed by atoms with E-state index in [1.807, 2.05) is 13.8 Å². The second kappa shape index (κ2) is 7.03. The van der Waals surface area contributed by atoms with Crippen LogP contribution < -0.4 is 0 Å². The maximum absolute atomic E-state index is 12.3. The van der Waals surface area contributed by atoms with E-state index in [4.69, 9.17) is 5.11 Å². The van der Waals surface area contributed by atoms with E-state index < -0.39 is 10.0 Å². The van der Waals surface area contributed by atoms with Gasteiger partial charge in [-0.3, -0.25) is 0 Å². The summed E-state index contributed by atoms with van der Waals surface area (Å²) in [7, 11) is -1.67. The van der Waals surface area contributed by atoms with Crippen molar-refractivity contribution in [3.05, 3.63) is 35.4 Å². The fourth-order valence-corrected chi connectivity index (χ4v) is 3.72. The van der Waals surface area contributed by atoms with Crippen molar-refractivity contribution in [2.24, 2.45) is 0 Å². The van der Waals surface area contributed by atoms with Crippen molar-refractivity contribution in [1.29, 1.82) is 0 Å². The van der Waals surface area contributed by atoms with Crippen molar-refractivity contribution in [2.75, 3.05) is 7.05 Å². The number of aliphatic hydroxyl groups is 1. The molecule has 0 aliphatic heterocycles. The molecule has 1 rings (SSSR count). The van der Waals surface area contributed by atoms with Gasteiger partial charge in [0.15, 0.2) is 0 Å². The summed E-state index contributed by atoms with van der Waals surface area (Å²) in [4.78, 5) is 0. The van der Waals surface area contributed by atoms with E-state index in [0.717, 1.165) is 18.4 Å². The molecule has 0 aliphatic rings. The highest BCUT2D eigenvalue weighted by Gasteiger charge is 2.24. The Kier molecular flexibility index (Phi) is 5.97. The van der Waals surface area contributed by atoms with E-state index in [9.17, 15) is 8.42 Å². The van der Waals surface area contributed by atoms with Crippen LogP contribution in [0, 0.1) is 0 Å². The van der Waals surface area contributed by atoms with Crippen LogP contribution in [-0.4, -0.2) is 30.9 Å². The van der Waals surface area contributed by atoms with Gasteiger partial charge in [-0.2, -0.15) is 0 Å². The third kappa shape index (κ3) is 4.30. The van der Waals surface area contributed by atoms with Crippen molar-refractivity contribution in [3.8, 4) is 0 Å². The van der Waals surface area contributed by atoms with Gasteiger partial charge in [-0.25, -0.2) is 12.7 Å². The smallest absolute Gasteiger partial charge is 0.218 e. The molecule has 108 valence electrons. The predicted octanol–water partition coefficient (Wildman–Crippen LogP) is 2.13. The summed E-state index contributed by atoms with van der Waals surface area (Å²) in [5.41, 5.74) is 1.45. The zero-order valence-electron chi connectivity index (χ0n) is 11.8. The molecule has 0 fully saturated rings. The second-order valence-electron chi connectivity index (χ2n) is 4.72. The maximum Gasteiger partial charge on any atom is 0.218 e. The number of aliphatic hydroxyl groups excluding tert-OH is 1. The van der Waals surface area contributed by atoms with Crippen LogP contribution in [0.4, 0.5) is 0 Å². The Morgan fingerprint density at radius 3 is 2.32 bits per heavy atom. The van der Waals surface area contributed by atoms with E-state index in [-0.39, 0.29) is 18.4 Å². The second-order valence-corrected chi connectivity index (χ2v) is 6.75. The molecule has 19 heavy (non-hydrogen) atoms. The molecule has 0 spiro atoms. The fraction of sp³-hybridized carbons (Fsp3) is 0.571. The first-order chi connectivity index (χ1) is 8.94. The first kappa shape index (κ1) is 16.1. The van der Waals surface area contributed by atoms with Crippen molar-refractivity contribution in [1.82, 2.24) is 4.31 Å². The maximum atomic E-state index is 12.3. The van der Waals surface area contributed by atoms with E-state index in [0.29, 0.717) is 5.56 Å². The summed E-state index contributed by atoms with van der Waals surface area (Å²) in [6.45, 7) is 3.91. The van der Waals surface area contributed by atoms with Crippen LogP contribution in [0.15, 0.2) is 24.3 Å². The van der Waals surface area contributed by atoms with Crippen molar-refractivity contribution in [2.45, 2.75) is 45.1 Å². The van der Waals surface area contributed by atoms with Gasteiger partial charge in [-0.05, 0) is 24.0 Å². The average molecular weight is 285 g/mol. The van der Waals surface area contributed by atoms with Crippen LogP contribution in [0.3, 0.4) is 0 Å². The molecule has 0 bridgehead atoms. The Balaban J connectivity index is 2.89. The van der Waals surface area contributed by atoms with Crippen LogP contribution in [0.1, 0.15) is 37.8 Å². The van der Waals surface area contributed by atoms with Crippen LogP contribution >= 0.6 is 0 Å². The first-order valence-corrected chi connectivity index (χ1v) is 8.19. The molecule has 0 aliphatic carbocycles. The van der Waals surface area contributed by atoms with E-state index >= 15 is 0 Å². The van der Waals surface area contributed by atoms with Crippen LogP contribution in [0.2, 0.25) is 0 Å². The van der Waals surface area contributed by atoms with Crippen LogP contribution in [-0.2, 0) is 22.4 Å². The molecule has 4 nitrogen and oxygen atoms in total. The molecular weight excluding hydrogens is 262 g/mol. The number of sulfonamides is 1. The summed E-state index contributed by atoms with van der Waals surface area (Å²) < 4.78 is 26.1. The Hall–Kier alpha value is -0.910. The summed E-state index contributed by atoms with van der Waals surface area (Å²) >= 11 is 0. The van der Waals surface area contributed by atoms with Crippen LogP contribution in [0.5, 0.6) is 0 Å². The molecule has 0 radical (unpaired) electrons. The number of rotatable bonds is 7. The summed E-state index contributed by atoms with van der Waals surface area (Å²) in [6, 6.07) is 7.11. The van der Waals surface area contributed by atoms with Gasteiger partial charge in [-0.15, -0.1) is 0 Å². The normalized spacial score (nSPS) is 12.3. The minimum atomic E-state index is -3.31. The van der Waals surface area contributed by atoms with Gasteiger partial charge in [-0.1, -0.05) is 38.1 Å². The minimum Gasteiger partial charge on any atom is -0.392 e. The number of hydrogen-bond acceptors (Lipinski definition) is 3. The molecule has 0 heterocycles.